The number of carboxylic acid groups (broad SMARTS) is 2. The van der Waals surface area contributed by atoms with Crippen LogP contribution in [-0.4, -0.2) is 46.8 Å². The van der Waals surface area contributed by atoms with E-state index in [1.807, 2.05) is 0 Å². The number of hydrogen-bond donors (Lipinski definition) is 3. The van der Waals surface area contributed by atoms with Crippen molar-refractivity contribution in [2.24, 2.45) is 0 Å². The zero-order valence-electron chi connectivity index (χ0n) is 10.5. The lowest BCUT2D eigenvalue weighted by Gasteiger charge is -2.14. The van der Waals surface area contributed by atoms with E-state index in [1.165, 1.54) is 0 Å². The summed E-state index contributed by atoms with van der Waals surface area (Å²) in [5.41, 5.74) is 0. The van der Waals surface area contributed by atoms with Crippen LogP contribution in [0.15, 0.2) is 0 Å². The van der Waals surface area contributed by atoms with Crippen LogP contribution in [0.2, 0.25) is 0 Å². The molecule has 0 heterocycles. The van der Waals surface area contributed by atoms with Gasteiger partial charge in [-0.1, -0.05) is 0 Å². The molecule has 1 atom stereocenters. The first kappa shape index (κ1) is 16.4. The molecule has 7 heteroatoms. The average molecular weight is 261 g/mol. The van der Waals surface area contributed by atoms with E-state index < -0.39 is 23.9 Å². The summed E-state index contributed by atoms with van der Waals surface area (Å²) < 4.78 is 5.03. The highest BCUT2D eigenvalue weighted by Crippen LogP contribution is 2.02. The minimum atomic E-state index is -1.18. The van der Waals surface area contributed by atoms with Crippen LogP contribution in [0.4, 0.5) is 0 Å². The molecule has 0 aliphatic rings. The third-order valence-corrected chi connectivity index (χ3v) is 2.06. The Balaban J connectivity index is 4.06. The number of nitrogens with one attached hydrogen (secondary N) is 1. The van der Waals surface area contributed by atoms with Crippen molar-refractivity contribution in [1.82, 2.24) is 5.32 Å². The SMILES string of the molecule is CC(C)OCC(=O)N[C@H](CCCC(=O)O)C(=O)O. The first-order valence-corrected chi connectivity index (χ1v) is 5.68. The molecule has 0 saturated carbocycles. The van der Waals surface area contributed by atoms with E-state index >= 15 is 0 Å². The van der Waals surface area contributed by atoms with Gasteiger partial charge in [-0.2, -0.15) is 0 Å². The van der Waals surface area contributed by atoms with Gasteiger partial charge >= 0.3 is 11.9 Å². The highest BCUT2D eigenvalue weighted by atomic mass is 16.5. The number of aliphatic carboxylic acids is 2. The van der Waals surface area contributed by atoms with Gasteiger partial charge in [0.15, 0.2) is 0 Å². The third kappa shape index (κ3) is 8.51. The number of amides is 1. The molecule has 0 aromatic rings. The van der Waals surface area contributed by atoms with E-state index in [9.17, 15) is 14.4 Å². The summed E-state index contributed by atoms with van der Waals surface area (Å²) in [5, 5.41) is 19.6. The maximum atomic E-state index is 11.3. The Hall–Kier alpha value is -1.63. The van der Waals surface area contributed by atoms with Gasteiger partial charge in [0.2, 0.25) is 5.91 Å². The molecule has 0 bridgehead atoms. The predicted molar refractivity (Wildman–Crippen MR) is 62.1 cm³/mol. The average Bonchev–Trinajstić information content (AvgIpc) is 2.24. The molecule has 1 amide bonds. The van der Waals surface area contributed by atoms with Crippen LogP contribution in [-0.2, 0) is 19.1 Å². The van der Waals surface area contributed by atoms with Crippen molar-refractivity contribution in [3.05, 3.63) is 0 Å². The monoisotopic (exact) mass is 261 g/mol. The van der Waals surface area contributed by atoms with Crippen molar-refractivity contribution in [3.63, 3.8) is 0 Å². The highest BCUT2D eigenvalue weighted by molar-refractivity contribution is 5.84. The zero-order chi connectivity index (χ0) is 14.1. The zero-order valence-corrected chi connectivity index (χ0v) is 10.5. The first-order chi connectivity index (χ1) is 8.32. The second-order valence-electron chi connectivity index (χ2n) is 4.10. The molecule has 0 saturated heterocycles. The lowest BCUT2D eigenvalue weighted by Crippen LogP contribution is -2.42. The predicted octanol–water partition coefficient (Wildman–Crippen LogP) is 0.236. The Kier molecular flexibility index (Phi) is 7.69. The molecule has 0 fully saturated rings. The normalized spacial score (nSPS) is 12.2. The van der Waals surface area contributed by atoms with Crippen LogP contribution >= 0.6 is 0 Å². The van der Waals surface area contributed by atoms with Crippen molar-refractivity contribution in [3.8, 4) is 0 Å². The van der Waals surface area contributed by atoms with Crippen molar-refractivity contribution in [1.29, 1.82) is 0 Å². The molecule has 0 aromatic heterocycles. The van der Waals surface area contributed by atoms with Gasteiger partial charge in [0.1, 0.15) is 12.6 Å². The molecule has 0 radical (unpaired) electrons. The van der Waals surface area contributed by atoms with Crippen molar-refractivity contribution < 1.29 is 29.3 Å². The van der Waals surface area contributed by atoms with Gasteiger partial charge in [0.05, 0.1) is 6.10 Å². The number of rotatable bonds is 9. The third-order valence-electron chi connectivity index (χ3n) is 2.06. The van der Waals surface area contributed by atoms with Gasteiger partial charge in [0, 0.05) is 6.42 Å². The number of hydrogen-bond acceptors (Lipinski definition) is 4. The fourth-order valence-electron chi connectivity index (χ4n) is 1.19. The van der Waals surface area contributed by atoms with E-state index in [2.05, 4.69) is 5.32 Å². The smallest absolute Gasteiger partial charge is 0.326 e. The molecule has 7 nitrogen and oxygen atoms in total. The first-order valence-electron chi connectivity index (χ1n) is 5.68. The molecule has 0 aromatic carbocycles. The van der Waals surface area contributed by atoms with Gasteiger partial charge in [-0.15, -0.1) is 0 Å². The quantitative estimate of drug-likeness (QED) is 0.548. The van der Waals surface area contributed by atoms with Crippen LogP contribution in [0.25, 0.3) is 0 Å². The van der Waals surface area contributed by atoms with Gasteiger partial charge in [-0.05, 0) is 26.7 Å². The Morgan fingerprint density at radius 1 is 1.22 bits per heavy atom. The van der Waals surface area contributed by atoms with Gasteiger partial charge in [0.25, 0.3) is 0 Å². The Morgan fingerprint density at radius 3 is 2.28 bits per heavy atom. The molecular formula is C11H19NO6. The number of carbonyl (C=O) groups excluding carboxylic acids is 1. The fourth-order valence-corrected chi connectivity index (χ4v) is 1.19. The molecule has 0 spiro atoms. The molecule has 18 heavy (non-hydrogen) atoms. The summed E-state index contributed by atoms with van der Waals surface area (Å²) in [4.78, 5) is 32.5. The van der Waals surface area contributed by atoms with E-state index in [4.69, 9.17) is 14.9 Å². The number of carbonyl (C=O) groups is 3. The van der Waals surface area contributed by atoms with E-state index in [-0.39, 0.29) is 32.0 Å². The van der Waals surface area contributed by atoms with E-state index in [1.54, 1.807) is 13.8 Å². The number of carboxylic acids is 2. The summed E-state index contributed by atoms with van der Waals surface area (Å²) in [7, 11) is 0. The lowest BCUT2D eigenvalue weighted by atomic mass is 10.1. The summed E-state index contributed by atoms with van der Waals surface area (Å²) in [6.45, 7) is 3.31. The minimum Gasteiger partial charge on any atom is -0.481 e. The second-order valence-corrected chi connectivity index (χ2v) is 4.10. The van der Waals surface area contributed by atoms with Gasteiger partial charge in [-0.3, -0.25) is 9.59 Å². The fraction of sp³-hybridized carbons (Fsp3) is 0.727. The van der Waals surface area contributed by atoms with Crippen LogP contribution < -0.4 is 5.32 Å². The molecule has 0 unspecified atom stereocenters. The standard InChI is InChI=1S/C11H19NO6/c1-7(2)18-6-9(13)12-8(11(16)17)4-3-5-10(14)15/h7-8H,3-6H2,1-2H3,(H,12,13)(H,14,15)(H,16,17)/t8-/m1/s1. The minimum absolute atomic E-state index is 0.0784. The van der Waals surface area contributed by atoms with Crippen LogP contribution in [0.1, 0.15) is 33.1 Å². The molecular weight excluding hydrogens is 242 g/mol. The summed E-state index contributed by atoms with van der Waals surface area (Å²) in [5.74, 6) is -2.70. The van der Waals surface area contributed by atoms with E-state index in [0.717, 1.165) is 0 Å². The highest BCUT2D eigenvalue weighted by Gasteiger charge is 2.20. The number of ether oxygens (including phenoxy) is 1. The Morgan fingerprint density at radius 2 is 1.83 bits per heavy atom. The molecule has 104 valence electrons. The van der Waals surface area contributed by atoms with Crippen LogP contribution in [0.5, 0.6) is 0 Å². The van der Waals surface area contributed by atoms with Crippen molar-refractivity contribution in [2.75, 3.05) is 6.61 Å². The summed E-state index contributed by atoms with van der Waals surface area (Å²) in [6, 6.07) is -1.08. The van der Waals surface area contributed by atoms with Crippen LogP contribution in [0, 0.1) is 0 Å². The van der Waals surface area contributed by atoms with E-state index in [0.29, 0.717) is 0 Å². The van der Waals surface area contributed by atoms with Crippen molar-refractivity contribution in [2.45, 2.75) is 45.3 Å². The summed E-state index contributed by atoms with van der Waals surface area (Å²) >= 11 is 0. The molecule has 3 N–H and O–H groups in total. The molecule has 0 rings (SSSR count). The maximum absolute atomic E-state index is 11.3. The van der Waals surface area contributed by atoms with Crippen LogP contribution in [0.3, 0.4) is 0 Å². The van der Waals surface area contributed by atoms with Gasteiger partial charge in [-0.25, -0.2) is 4.79 Å². The second kappa shape index (κ2) is 8.46. The Bertz CT molecular complexity index is 302. The summed E-state index contributed by atoms with van der Waals surface area (Å²) in [6.07, 6.45) is 0.0282. The van der Waals surface area contributed by atoms with Crippen molar-refractivity contribution >= 4 is 17.8 Å². The Labute approximate surface area is 105 Å². The molecule has 0 aliphatic carbocycles. The molecule has 0 aliphatic heterocycles. The largest absolute Gasteiger partial charge is 0.481 e. The topological polar surface area (TPSA) is 113 Å². The maximum Gasteiger partial charge on any atom is 0.326 e. The lowest BCUT2D eigenvalue weighted by molar-refractivity contribution is -0.143. The van der Waals surface area contributed by atoms with Gasteiger partial charge < -0.3 is 20.3 Å².